The van der Waals surface area contributed by atoms with Crippen LogP contribution in [0.15, 0.2) is 22.6 Å². The first-order valence-corrected chi connectivity index (χ1v) is 7.13. The lowest BCUT2D eigenvalue weighted by Gasteiger charge is -2.29. The van der Waals surface area contributed by atoms with E-state index >= 15 is 0 Å². The third-order valence-electron chi connectivity index (χ3n) is 4.68. The first-order chi connectivity index (χ1) is 9.68. The van der Waals surface area contributed by atoms with Gasteiger partial charge in [-0.1, -0.05) is 12.5 Å². The number of carbonyl (C=O) groups excluding carboxylic acids is 1. The van der Waals surface area contributed by atoms with Gasteiger partial charge in [0.1, 0.15) is 5.52 Å². The molecule has 1 aliphatic heterocycles. The summed E-state index contributed by atoms with van der Waals surface area (Å²) in [6, 6.07) is 5.31. The normalized spacial score (nSPS) is 28.9. The van der Waals surface area contributed by atoms with Gasteiger partial charge in [0.25, 0.3) is 5.91 Å². The molecule has 2 atom stereocenters. The van der Waals surface area contributed by atoms with Crippen LogP contribution in [-0.2, 0) is 5.54 Å². The number of hydrogen-bond donors (Lipinski definition) is 2. The summed E-state index contributed by atoms with van der Waals surface area (Å²) in [5.41, 5.74) is 6.92. The molecular weight excluding hydrogens is 254 g/mol. The summed E-state index contributed by atoms with van der Waals surface area (Å²) in [5.74, 6) is 0.964. The van der Waals surface area contributed by atoms with Crippen LogP contribution < -0.4 is 11.1 Å². The zero-order valence-electron chi connectivity index (χ0n) is 11.2. The van der Waals surface area contributed by atoms with Crippen molar-refractivity contribution in [3.05, 3.63) is 29.7 Å². The Kier molecular flexibility index (Phi) is 2.41. The van der Waals surface area contributed by atoms with Crippen LogP contribution in [0.5, 0.6) is 0 Å². The van der Waals surface area contributed by atoms with Crippen molar-refractivity contribution in [3.8, 4) is 0 Å². The van der Waals surface area contributed by atoms with Crippen LogP contribution in [0.4, 0.5) is 0 Å². The van der Waals surface area contributed by atoms with E-state index in [0.717, 1.165) is 25.3 Å². The largest absolute Gasteiger partial charge is 0.439 e. The number of primary amides is 1. The van der Waals surface area contributed by atoms with Gasteiger partial charge in [-0.3, -0.25) is 4.79 Å². The monoisotopic (exact) mass is 271 g/mol. The standard InChI is InChI=1S/C15H17N3O2/c16-13(19)10-4-1-5-11-12(10)18-14(20-11)15-6-2-3-9(7-15)8-17-15/h1,4-5,9,17H,2-3,6-8H2,(H2,16,19)/t9-,15-/m1/s1. The van der Waals surface area contributed by atoms with E-state index in [1.165, 1.54) is 12.8 Å². The summed E-state index contributed by atoms with van der Waals surface area (Å²) < 4.78 is 5.94. The lowest BCUT2D eigenvalue weighted by Crippen LogP contribution is -2.37. The molecule has 1 aliphatic carbocycles. The number of nitrogens with zero attached hydrogens (tertiary/aromatic N) is 1. The molecule has 2 bridgehead atoms. The van der Waals surface area contributed by atoms with Crippen LogP contribution in [0.2, 0.25) is 0 Å². The quantitative estimate of drug-likeness (QED) is 0.874. The summed E-state index contributed by atoms with van der Waals surface area (Å²) >= 11 is 0. The van der Waals surface area contributed by atoms with Gasteiger partial charge in [0, 0.05) is 0 Å². The Hall–Kier alpha value is -1.88. The summed E-state index contributed by atoms with van der Waals surface area (Å²) in [7, 11) is 0. The maximum absolute atomic E-state index is 11.5. The van der Waals surface area contributed by atoms with Crippen molar-refractivity contribution >= 4 is 17.0 Å². The van der Waals surface area contributed by atoms with E-state index in [-0.39, 0.29) is 5.54 Å². The van der Waals surface area contributed by atoms with Gasteiger partial charge in [-0.05, 0) is 43.9 Å². The van der Waals surface area contributed by atoms with E-state index in [2.05, 4.69) is 10.3 Å². The second-order valence-electron chi connectivity index (χ2n) is 5.96. The highest BCUT2D eigenvalue weighted by Crippen LogP contribution is 2.44. The lowest BCUT2D eigenvalue weighted by atomic mass is 9.80. The Bertz CT molecular complexity index is 689. The van der Waals surface area contributed by atoms with Crippen molar-refractivity contribution < 1.29 is 9.21 Å². The Morgan fingerprint density at radius 3 is 3.25 bits per heavy atom. The molecule has 0 radical (unpaired) electrons. The van der Waals surface area contributed by atoms with Crippen LogP contribution in [0.1, 0.15) is 41.9 Å². The number of oxazole rings is 1. The summed E-state index contributed by atoms with van der Waals surface area (Å²) in [6.07, 6.45) is 4.59. The van der Waals surface area contributed by atoms with E-state index in [9.17, 15) is 4.79 Å². The average molecular weight is 271 g/mol. The highest BCUT2D eigenvalue weighted by Gasteiger charge is 2.46. The summed E-state index contributed by atoms with van der Waals surface area (Å²) in [5, 5.41) is 3.59. The van der Waals surface area contributed by atoms with Crippen molar-refractivity contribution in [1.82, 2.24) is 10.3 Å². The number of hydrogen-bond acceptors (Lipinski definition) is 4. The predicted molar refractivity (Wildman–Crippen MR) is 74.2 cm³/mol. The van der Waals surface area contributed by atoms with Gasteiger partial charge < -0.3 is 15.5 Å². The van der Waals surface area contributed by atoms with Crippen LogP contribution in [0.3, 0.4) is 0 Å². The fourth-order valence-corrected chi connectivity index (χ4v) is 3.69. The van der Waals surface area contributed by atoms with Gasteiger partial charge >= 0.3 is 0 Å². The second kappa shape index (κ2) is 4.06. The van der Waals surface area contributed by atoms with Crippen LogP contribution in [0.25, 0.3) is 11.1 Å². The molecule has 1 saturated heterocycles. The first kappa shape index (κ1) is 11.9. The average Bonchev–Trinajstić information content (AvgIpc) is 3.00. The van der Waals surface area contributed by atoms with Crippen molar-refractivity contribution in [3.63, 3.8) is 0 Å². The minimum Gasteiger partial charge on any atom is -0.439 e. The van der Waals surface area contributed by atoms with Gasteiger partial charge in [-0.15, -0.1) is 0 Å². The minimum atomic E-state index is -0.464. The Morgan fingerprint density at radius 1 is 1.50 bits per heavy atom. The molecule has 20 heavy (non-hydrogen) atoms. The van der Waals surface area contributed by atoms with Gasteiger partial charge in [-0.2, -0.15) is 0 Å². The predicted octanol–water partition coefficient (Wildman–Crippen LogP) is 1.92. The smallest absolute Gasteiger partial charge is 0.251 e. The van der Waals surface area contributed by atoms with E-state index in [0.29, 0.717) is 22.6 Å². The number of amides is 1. The van der Waals surface area contributed by atoms with E-state index in [4.69, 9.17) is 10.2 Å². The molecule has 2 aromatic rings. The van der Waals surface area contributed by atoms with Crippen molar-refractivity contribution in [2.45, 2.75) is 31.2 Å². The van der Waals surface area contributed by atoms with Gasteiger partial charge in [0.15, 0.2) is 5.58 Å². The Labute approximate surface area is 116 Å². The molecule has 0 unspecified atom stereocenters. The molecule has 4 rings (SSSR count). The Balaban J connectivity index is 1.85. The number of benzene rings is 1. The van der Waals surface area contributed by atoms with E-state index in [1.54, 1.807) is 12.1 Å². The molecule has 3 N–H and O–H groups in total. The molecule has 1 aromatic heterocycles. The zero-order chi connectivity index (χ0) is 13.7. The van der Waals surface area contributed by atoms with Gasteiger partial charge in [0.2, 0.25) is 5.89 Å². The Morgan fingerprint density at radius 2 is 2.40 bits per heavy atom. The fraction of sp³-hybridized carbons (Fsp3) is 0.467. The highest BCUT2D eigenvalue weighted by molar-refractivity contribution is 6.03. The van der Waals surface area contributed by atoms with Crippen molar-refractivity contribution in [2.75, 3.05) is 6.54 Å². The maximum Gasteiger partial charge on any atom is 0.251 e. The number of aromatic nitrogens is 1. The number of carbonyl (C=O) groups is 1. The third-order valence-corrected chi connectivity index (χ3v) is 4.68. The van der Waals surface area contributed by atoms with Crippen LogP contribution >= 0.6 is 0 Å². The zero-order valence-corrected chi connectivity index (χ0v) is 11.2. The molecule has 5 heteroatoms. The number of nitrogens with one attached hydrogen (secondary N) is 1. The van der Waals surface area contributed by atoms with Gasteiger partial charge in [-0.25, -0.2) is 4.98 Å². The summed E-state index contributed by atoms with van der Waals surface area (Å²) in [6.45, 7) is 1.03. The molecule has 0 spiro atoms. The number of nitrogens with two attached hydrogens (primary N) is 1. The maximum atomic E-state index is 11.5. The number of para-hydroxylation sites is 1. The van der Waals surface area contributed by atoms with E-state index in [1.807, 2.05) is 6.07 Å². The molecule has 1 saturated carbocycles. The molecule has 5 nitrogen and oxygen atoms in total. The molecule has 2 aliphatic rings. The SMILES string of the molecule is NC(=O)c1cccc2oc([C@]34CCC[C@@H](CN3)C4)nc12. The van der Waals surface area contributed by atoms with Crippen LogP contribution in [-0.4, -0.2) is 17.4 Å². The lowest BCUT2D eigenvalue weighted by molar-refractivity contribution is 0.100. The molecule has 1 amide bonds. The second-order valence-corrected chi connectivity index (χ2v) is 5.96. The highest BCUT2D eigenvalue weighted by atomic mass is 16.4. The molecular formula is C15H17N3O2. The first-order valence-electron chi connectivity index (χ1n) is 7.13. The molecule has 2 fully saturated rings. The third kappa shape index (κ3) is 1.59. The minimum absolute atomic E-state index is 0.142. The fourth-order valence-electron chi connectivity index (χ4n) is 3.69. The van der Waals surface area contributed by atoms with E-state index < -0.39 is 5.91 Å². The number of rotatable bonds is 2. The topological polar surface area (TPSA) is 81.2 Å². The van der Waals surface area contributed by atoms with Crippen molar-refractivity contribution in [2.24, 2.45) is 11.7 Å². The molecule has 104 valence electrons. The summed E-state index contributed by atoms with van der Waals surface area (Å²) in [4.78, 5) is 16.1. The molecule has 1 aromatic carbocycles. The number of fused-ring (bicyclic) bond motifs is 3. The van der Waals surface area contributed by atoms with Crippen LogP contribution in [0, 0.1) is 5.92 Å². The molecule has 2 heterocycles. The van der Waals surface area contributed by atoms with Gasteiger partial charge in [0.05, 0.1) is 11.1 Å². The van der Waals surface area contributed by atoms with Crippen molar-refractivity contribution in [1.29, 1.82) is 0 Å².